The lowest BCUT2D eigenvalue weighted by molar-refractivity contribution is -0.384. The molecule has 6 heteroatoms. The molecule has 0 saturated carbocycles. The van der Waals surface area contributed by atoms with Gasteiger partial charge in [-0.3, -0.25) is 10.1 Å². The van der Waals surface area contributed by atoms with Gasteiger partial charge in [-0.2, -0.15) is 0 Å². The van der Waals surface area contributed by atoms with E-state index < -0.39 is 4.92 Å². The van der Waals surface area contributed by atoms with Crippen LogP contribution in [0.25, 0.3) is 0 Å². The molecule has 1 aromatic heterocycles. The molecule has 0 fully saturated rings. The number of aromatic nitrogens is 1. The molecule has 1 aromatic rings. The van der Waals surface area contributed by atoms with Gasteiger partial charge >= 0.3 is 5.69 Å². The van der Waals surface area contributed by atoms with Gasteiger partial charge in [0.2, 0.25) is 5.82 Å². The number of hydrogen-bond donors (Lipinski definition) is 2. The summed E-state index contributed by atoms with van der Waals surface area (Å²) in [6.45, 7) is 4.12. The number of hydrogen-bond acceptors (Lipinski definition) is 5. The average molecular weight is 224 g/mol. The monoisotopic (exact) mass is 224 g/mol. The van der Waals surface area contributed by atoms with E-state index in [0.717, 1.165) is 12.8 Å². The van der Waals surface area contributed by atoms with Crippen LogP contribution in [0.2, 0.25) is 0 Å². The maximum Gasteiger partial charge on any atom is 0.311 e. The standard InChI is InChI=1S/C10H16N4O2/c1-3-4-7(2)12-9-6-5-8(14(15)16)10(11)13-9/h5-7H,3-4H2,1-2H3,(H3,11,12,13). The first-order valence-corrected chi connectivity index (χ1v) is 5.22. The summed E-state index contributed by atoms with van der Waals surface area (Å²) >= 11 is 0. The van der Waals surface area contributed by atoms with Gasteiger partial charge in [0.25, 0.3) is 0 Å². The average Bonchev–Trinajstić information content (AvgIpc) is 2.17. The van der Waals surface area contributed by atoms with Gasteiger partial charge < -0.3 is 11.1 Å². The molecule has 0 spiro atoms. The summed E-state index contributed by atoms with van der Waals surface area (Å²) in [6, 6.07) is 3.21. The van der Waals surface area contributed by atoms with Gasteiger partial charge in [0.05, 0.1) is 4.92 Å². The predicted molar refractivity (Wildman–Crippen MR) is 63.3 cm³/mol. The second-order valence-corrected chi connectivity index (χ2v) is 3.69. The van der Waals surface area contributed by atoms with Crippen molar-refractivity contribution >= 4 is 17.3 Å². The van der Waals surface area contributed by atoms with Crippen LogP contribution in [0, 0.1) is 10.1 Å². The summed E-state index contributed by atoms with van der Waals surface area (Å²) in [7, 11) is 0. The summed E-state index contributed by atoms with van der Waals surface area (Å²) in [5.74, 6) is 0.516. The maximum atomic E-state index is 10.5. The Labute approximate surface area is 94.0 Å². The minimum Gasteiger partial charge on any atom is -0.378 e. The van der Waals surface area contributed by atoms with Crippen molar-refractivity contribution in [2.45, 2.75) is 32.7 Å². The first-order valence-electron chi connectivity index (χ1n) is 5.22. The fourth-order valence-corrected chi connectivity index (χ4v) is 1.46. The van der Waals surface area contributed by atoms with Gasteiger partial charge in [-0.15, -0.1) is 0 Å². The highest BCUT2D eigenvalue weighted by atomic mass is 16.6. The molecule has 0 aromatic carbocycles. The van der Waals surface area contributed by atoms with Crippen LogP contribution in [0.4, 0.5) is 17.3 Å². The van der Waals surface area contributed by atoms with Crippen LogP contribution in [-0.2, 0) is 0 Å². The van der Waals surface area contributed by atoms with Crippen molar-refractivity contribution in [2.75, 3.05) is 11.1 Å². The van der Waals surface area contributed by atoms with E-state index in [1.165, 1.54) is 6.07 Å². The fraction of sp³-hybridized carbons (Fsp3) is 0.500. The van der Waals surface area contributed by atoms with Crippen molar-refractivity contribution in [2.24, 2.45) is 0 Å². The van der Waals surface area contributed by atoms with Crippen molar-refractivity contribution < 1.29 is 4.92 Å². The first-order chi connectivity index (χ1) is 7.54. The van der Waals surface area contributed by atoms with Crippen molar-refractivity contribution in [1.82, 2.24) is 4.98 Å². The summed E-state index contributed by atoms with van der Waals surface area (Å²) < 4.78 is 0. The Morgan fingerprint density at radius 2 is 2.31 bits per heavy atom. The Bertz CT molecular complexity index is 381. The number of nitrogens with two attached hydrogens (primary N) is 1. The van der Waals surface area contributed by atoms with Crippen LogP contribution < -0.4 is 11.1 Å². The number of nitro groups is 1. The van der Waals surface area contributed by atoms with E-state index in [2.05, 4.69) is 17.2 Å². The molecule has 0 aliphatic rings. The fourth-order valence-electron chi connectivity index (χ4n) is 1.46. The van der Waals surface area contributed by atoms with Crippen LogP contribution in [0.15, 0.2) is 12.1 Å². The molecule has 0 aliphatic carbocycles. The van der Waals surface area contributed by atoms with Gasteiger partial charge in [0, 0.05) is 12.1 Å². The highest BCUT2D eigenvalue weighted by Crippen LogP contribution is 2.21. The Balaban J connectivity index is 2.77. The smallest absolute Gasteiger partial charge is 0.311 e. The van der Waals surface area contributed by atoms with E-state index in [4.69, 9.17) is 5.73 Å². The normalized spacial score (nSPS) is 12.1. The lowest BCUT2D eigenvalue weighted by Crippen LogP contribution is -2.16. The molecule has 0 amide bonds. The van der Waals surface area contributed by atoms with Crippen LogP contribution in [-0.4, -0.2) is 15.9 Å². The van der Waals surface area contributed by atoms with E-state index in [0.29, 0.717) is 5.82 Å². The van der Waals surface area contributed by atoms with Crippen LogP contribution >= 0.6 is 0 Å². The summed E-state index contributed by atoms with van der Waals surface area (Å²) in [5, 5.41) is 13.7. The minimum absolute atomic E-state index is 0.0568. The molecular weight excluding hydrogens is 208 g/mol. The van der Waals surface area contributed by atoms with E-state index in [-0.39, 0.29) is 17.5 Å². The molecule has 0 aliphatic heterocycles. The molecule has 3 N–H and O–H groups in total. The summed E-state index contributed by atoms with van der Waals surface area (Å²) in [4.78, 5) is 13.9. The topological polar surface area (TPSA) is 94.1 Å². The Morgan fingerprint density at radius 3 is 2.81 bits per heavy atom. The van der Waals surface area contributed by atoms with Gasteiger partial charge in [-0.1, -0.05) is 13.3 Å². The van der Waals surface area contributed by atoms with Crippen molar-refractivity contribution in [1.29, 1.82) is 0 Å². The highest BCUT2D eigenvalue weighted by Gasteiger charge is 2.13. The van der Waals surface area contributed by atoms with Gasteiger partial charge in [0.15, 0.2) is 0 Å². The molecule has 1 heterocycles. The van der Waals surface area contributed by atoms with E-state index >= 15 is 0 Å². The third-order valence-electron chi connectivity index (χ3n) is 2.22. The van der Waals surface area contributed by atoms with Crippen molar-refractivity contribution in [3.8, 4) is 0 Å². The molecule has 0 bridgehead atoms. The van der Waals surface area contributed by atoms with Gasteiger partial charge in [-0.05, 0) is 19.4 Å². The molecule has 1 unspecified atom stereocenters. The van der Waals surface area contributed by atoms with Crippen molar-refractivity contribution in [3.63, 3.8) is 0 Å². The molecule has 16 heavy (non-hydrogen) atoms. The van der Waals surface area contributed by atoms with E-state index in [1.54, 1.807) is 6.07 Å². The number of rotatable bonds is 5. The van der Waals surface area contributed by atoms with Crippen LogP contribution in [0.3, 0.4) is 0 Å². The number of pyridine rings is 1. The summed E-state index contributed by atoms with van der Waals surface area (Å²) in [6.07, 6.45) is 2.08. The third kappa shape index (κ3) is 3.08. The maximum absolute atomic E-state index is 10.5. The van der Waals surface area contributed by atoms with Gasteiger partial charge in [0.1, 0.15) is 5.82 Å². The second kappa shape index (κ2) is 5.29. The first kappa shape index (κ1) is 12.2. The van der Waals surface area contributed by atoms with E-state index in [9.17, 15) is 10.1 Å². The Morgan fingerprint density at radius 1 is 1.62 bits per heavy atom. The predicted octanol–water partition coefficient (Wildman–Crippen LogP) is 2.17. The number of nitrogen functional groups attached to an aromatic ring is 1. The summed E-state index contributed by atoms with van der Waals surface area (Å²) in [5.41, 5.74) is 5.32. The van der Waals surface area contributed by atoms with Crippen LogP contribution in [0.1, 0.15) is 26.7 Å². The second-order valence-electron chi connectivity index (χ2n) is 3.69. The number of nitrogens with one attached hydrogen (secondary N) is 1. The number of anilines is 2. The molecule has 0 saturated heterocycles. The van der Waals surface area contributed by atoms with E-state index in [1.807, 2.05) is 6.92 Å². The van der Waals surface area contributed by atoms with Crippen molar-refractivity contribution in [3.05, 3.63) is 22.2 Å². The lowest BCUT2D eigenvalue weighted by Gasteiger charge is -2.13. The quantitative estimate of drug-likeness (QED) is 0.590. The zero-order chi connectivity index (χ0) is 12.1. The molecule has 88 valence electrons. The lowest BCUT2D eigenvalue weighted by atomic mass is 10.2. The SMILES string of the molecule is CCCC(C)Nc1ccc([N+](=O)[O-])c(N)n1. The zero-order valence-electron chi connectivity index (χ0n) is 9.43. The Hall–Kier alpha value is -1.85. The highest BCUT2D eigenvalue weighted by molar-refractivity contribution is 5.57. The molecule has 0 radical (unpaired) electrons. The third-order valence-corrected chi connectivity index (χ3v) is 2.22. The molecule has 6 nitrogen and oxygen atoms in total. The minimum atomic E-state index is -0.540. The number of nitrogens with zero attached hydrogens (tertiary/aromatic N) is 2. The molecule has 1 rings (SSSR count). The van der Waals surface area contributed by atoms with Crippen LogP contribution in [0.5, 0.6) is 0 Å². The van der Waals surface area contributed by atoms with Gasteiger partial charge in [-0.25, -0.2) is 4.98 Å². The zero-order valence-corrected chi connectivity index (χ0v) is 9.43. The molecule has 1 atom stereocenters. The Kier molecular flexibility index (Phi) is 4.04. The largest absolute Gasteiger partial charge is 0.378 e. The molecular formula is C10H16N4O2.